The normalized spacial score (nSPS) is 16.6. The van der Waals surface area contributed by atoms with E-state index in [1.54, 1.807) is 35.2 Å². The van der Waals surface area contributed by atoms with Crippen LogP contribution in [0.3, 0.4) is 0 Å². The summed E-state index contributed by atoms with van der Waals surface area (Å²) < 4.78 is 0. The van der Waals surface area contributed by atoms with E-state index in [2.05, 4.69) is 5.32 Å². The number of benzene rings is 2. The average Bonchev–Trinajstić information content (AvgIpc) is 2.69. The number of piperidine rings is 1. The fraction of sp³-hybridized carbons (Fsp3) is 0.286. The van der Waals surface area contributed by atoms with Crippen molar-refractivity contribution in [2.75, 3.05) is 11.9 Å². The van der Waals surface area contributed by atoms with Gasteiger partial charge in [-0.2, -0.15) is 0 Å². The predicted molar refractivity (Wildman–Crippen MR) is 103 cm³/mol. The Balaban J connectivity index is 1.81. The van der Waals surface area contributed by atoms with Gasteiger partial charge in [0, 0.05) is 23.4 Å². The van der Waals surface area contributed by atoms with Gasteiger partial charge in [0.2, 0.25) is 11.8 Å². The summed E-state index contributed by atoms with van der Waals surface area (Å²) in [5.74, 6) is -0.939. The Labute approximate surface area is 158 Å². The molecule has 6 nitrogen and oxygen atoms in total. The molecule has 0 aromatic heterocycles. The Morgan fingerprint density at radius 1 is 1.04 bits per heavy atom. The molecule has 6 heteroatoms. The maximum absolute atomic E-state index is 12.9. The number of nitrogens with two attached hydrogens (primary N) is 1. The van der Waals surface area contributed by atoms with Crippen molar-refractivity contribution in [2.45, 2.75) is 32.2 Å². The molecule has 1 unspecified atom stereocenters. The van der Waals surface area contributed by atoms with Crippen LogP contribution in [0.15, 0.2) is 48.5 Å². The van der Waals surface area contributed by atoms with Gasteiger partial charge in [0.25, 0.3) is 5.91 Å². The first-order valence-corrected chi connectivity index (χ1v) is 9.04. The number of nitrogens with one attached hydrogen (secondary N) is 1. The molecule has 1 atom stereocenters. The molecule has 140 valence electrons. The van der Waals surface area contributed by atoms with Gasteiger partial charge in [-0.25, -0.2) is 0 Å². The maximum Gasteiger partial charge on any atom is 0.254 e. The molecular formula is C21H23N3O3. The number of likely N-dealkylation sites (tertiary alicyclic amines) is 1. The summed E-state index contributed by atoms with van der Waals surface area (Å²) >= 11 is 0. The van der Waals surface area contributed by atoms with E-state index in [0.29, 0.717) is 29.8 Å². The third-order valence-corrected chi connectivity index (χ3v) is 4.87. The third kappa shape index (κ3) is 4.16. The quantitative estimate of drug-likeness (QED) is 0.872. The SMILES string of the molecule is Cc1ccc(C(N)=O)cc1NC(=O)C1CCCCN1C(=O)c1ccccc1. The van der Waals surface area contributed by atoms with Crippen LogP contribution in [-0.4, -0.2) is 35.2 Å². The first-order valence-electron chi connectivity index (χ1n) is 9.04. The lowest BCUT2D eigenvalue weighted by atomic mass is 9.99. The Bertz CT molecular complexity index is 864. The van der Waals surface area contributed by atoms with Crippen molar-refractivity contribution >= 4 is 23.4 Å². The Morgan fingerprint density at radius 2 is 1.78 bits per heavy atom. The summed E-state index contributed by atoms with van der Waals surface area (Å²) in [7, 11) is 0. The van der Waals surface area contributed by atoms with Gasteiger partial charge in [-0.1, -0.05) is 24.3 Å². The predicted octanol–water partition coefficient (Wildman–Crippen LogP) is 2.73. The highest BCUT2D eigenvalue weighted by Gasteiger charge is 2.32. The van der Waals surface area contributed by atoms with Gasteiger partial charge < -0.3 is 16.0 Å². The van der Waals surface area contributed by atoms with Crippen LogP contribution in [0.2, 0.25) is 0 Å². The summed E-state index contributed by atoms with van der Waals surface area (Å²) in [6, 6.07) is 13.4. The van der Waals surface area contributed by atoms with Crippen molar-refractivity contribution in [1.29, 1.82) is 0 Å². The number of amides is 3. The van der Waals surface area contributed by atoms with Gasteiger partial charge in [-0.15, -0.1) is 0 Å². The highest BCUT2D eigenvalue weighted by atomic mass is 16.2. The molecule has 1 fully saturated rings. The smallest absolute Gasteiger partial charge is 0.254 e. The molecule has 27 heavy (non-hydrogen) atoms. The van der Waals surface area contributed by atoms with Crippen LogP contribution in [0.5, 0.6) is 0 Å². The first kappa shape index (κ1) is 18.6. The molecule has 0 radical (unpaired) electrons. The molecule has 0 saturated carbocycles. The Kier molecular flexibility index (Phi) is 5.54. The van der Waals surface area contributed by atoms with Crippen molar-refractivity contribution in [3.63, 3.8) is 0 Å². The van der Waals surface area contributed by atoms with Crippen LogP contribution in [0.4, 0.5) is 5.69 Å². The van der Waals surface area contributed by atoms with Gasteiger partial charge in [0.1, 0.15) is 6.04 Å². The molecule has 3 amide bonds. The van der Waals surface area contributed by atoms with Crippen LogP contribution in [0, 0.1) is 6.92 Å². The number of hydrogen-bond acceptors (Lipinski definition) is 3. The van der Waals surface area contributed by atoms with Crippen LogP contribution in [0.1, 0.15) is 45.5 Å². The summed E-state index contributed by atoms with van der Waals surface area (Å²) in [5, 5.41) is 2.87. The lowest BCUT2D eigenvalue weighted by Crippen LogP contribution is -2.50. The molecule has 2 aromatic rings. The number of nitrogens with zero attached hydrogens (tertiary/aromatic N) is 1. The zero-order valence-corrected chi connectivity index (χ0v) is 15.3. The summed E-state index contributed by atoms with van der Waals surface area (Å²) in [6.07, 6.45) is 2.37. The van der Waals surface area contributed by atoms with E-state index >= 15 is 0 Å². The summed E-state index contributed by atoms with van der Waals surface area (Å²) in [6.45, 7) is 2.39. The first-order chi connectivity index (χ1) is 13.0. The summed E-state index contributed by atoms with van der Waals surface area (Å²) in [4.78, 5) is 38.8. The molecule has 0 spiro atoms. The van der Waals surface area contributed by atoms with Crippen LogP contribution in [-0.2, 0) is 4.79 Å². The molecule has 0 bridgehead atoms. The van der Waals surface area contributed by atoms with E-state index < -0.39 is 11.9 Å². The second-order valence-corrected chi connectivity index (χ2v) is 6.76. The van der Waals surface area contributed by atoms with Crippen LogP contribution < -0.4 is 11.1 Å². The minimum absolute atomic E-state index is 0.141. The number of primary amides is 1. The fourth-order valence-corrected chi connectivity index (χ4v) is 3.32. The number of carbonyl (C=O) groups is 3. The molecule has 1 heterocycles. The topological polar surface area (TPSA) is 92.5 Å². The number of aryl methyl sites for hydroxylation is 1. The third-order valence-electron chi connectivity index (χ3n) is 4.87. The Hall–Kier alpha value is -3.15. The van der Waals surface area contributed by atoms with E-state index in [1.165, 1.54) is 0 Å². The summed E-state index contributed by atoms with van der Waals surface area (Å²) in [5.41, 5.74) is 7.59. The van der Waals surface area contributed by atoms with Gasteiger partial charge in [0.05, 0.1) is 0 Å². The lowest BCUT2D eigenvalue weighted by Gasteiger charge is -2.35. The number of rotatable bonds is 4. The van der Waals surface area contributed by atoms with E-state index in [1.807, 2.05) is 25.1 Å². The Morgan fingerprint density at radius 3 is 2.48 bits per heavy atom. The highest BCUT2D eigenvalue weighted by molar-refractivity contribution is 6.02. The van der Waals surface area contributed by atoms with Gasteiger partial charge >= 0.3 is 0 Å². The standard InChI is InChI=1S/C21H23N3O3/c1-14-10-11-16(19(22)25)13-17(14)23-20(26)18-9-5-6-12-24(18)21(27)15-7-3-2-4-8-15/h2-4,7-8,10-11,13,18H,5-6,9,12H2,1H3,(H2,22,25)(H,23,26). The monoisotopic (exact) mass is 365 g/mol. The van der Waals surface area contributed by atoms with Crippen molar-refractivity contribution < 1.29 is 14.4 Å². The van der Waals surface area contributed by atoms with Gasteiger partial charge in [0.15, 0.2) is 0 Å². The van der Waals surface area contributed by atoms with E-state index in [0.717, 1.165) is 18.4 Å². The zero-order chi connectivity index (χ0) is 19.4. The van der Waals surface area contributed by atoms with E-state index in [4.69, 9.17) is 5.73 Å². The second-order valence-electron chi connectivity index (χ2n) is 6.76. The zero-order valence-electron chi connectivity index (χ0n) is 15.3. The molecule has 1 aliphatic heterocycles. The van der Waals surface area contributed by atoms with Crippen molar-refractivity contribution in [2.24, 2.45) is 5.73 Å². The maximum atomic E-state index is 12.9. The molecule has 1 aliphatic rings. The largest absolute Gasteiger partial charge is 0.366 e. The van der Waals surface area contributed by atoms with Crippen LogP contribution in [0.25, 0.3) is 0 Å². The van der Waals surface area contributed by atoms with Gasteiger partial charge in [-0.3, -0.25) is 14.4 Å². The molecule has 0 aliphatic carbocycles. The van der Waals surface area contributed by atoms with Crippen molar-refractivity contribution in [3.05, 3.63) is 65.2 Å². The minimum Gasteiger partial charge on any atom is -0.366 e. The molecule has 3 N–H and O–H groups in total. The lowest BCUT2D eigenvalue weighted by molar-refractivity contribution is -0.121. The molecule has 2 aromatic carbocycles. The number of anilines is 1. The minimum atomic E-state index is -0.552. The molecule has 3 rings (SSSR count). The number of hydrogen-bond donors (Lipinski definition) is 2. The molecule has 1 saturated heterocycles. The van der Waals surface area contributed by atoms with Crippen molar-refractivity contribution in [3.8, 4) is 0 Å². The van der Waals surface area contributed by atoms with Crippen molar-refractivity contribution in [1.82, 2.24) is 4.90 Å². The van der Waals surface area contributed by atoms with E-state index in [9.17, 15) is 14.4 Å². The second kappa shape index (κ2) is 8.03. The molecular weight excluding hydrogens is 342 g/mol. The average molecular weight is 365 g/mol. The van der Waals surface area contributed by atoms with Crippen LogP contribution >= 0.6 is 0 Å². The van der Waals surface area contributed by atoms with Gasteiger partial charge in [-0.05, 0) is 56.0 Å². The van der Waals surface area contributed by atoms with E-state index in [-0.39, 0.29) is 11.8 Å². The fourth-order valence-electron chi connectivity index (χ4n) is 3.32. The highest BCUT2D eigenvalue weighted by Crippen LogP contribution is 2.23. The number of carbonyl (C=O) groups excluding carboxylic acids is 3.